The van der Waals surface area contributed by atoms with Gasteiger partial charge in [0.05, 0.1) is 36.2 Å². The van der Waals surface area contributed by atoms with Crippen molar-refractivity contribution in [2.45, 2.75) is 0 Å². The average Bonchev–Trinajstić information content (AvgIpc) is 2.47. The number of nitro benzene ring substituents is 1. The van der Waals surface area contributed by atoms with Gasteiger partial charge >= 0.3 is 0 Å². The molecular formula is C12H9ClN4O4. The Labute approximate surface area is 123 Å². The van der Waals surface area contributed by atoms with E-state index in [9.17, 15) is 14.9 Å². The highest BCUT2D eigenvalue weighted by molar-refractivity contribution is 6.29. The van der Waals surface area contributed by atoms with Crippen LogP contribution in [0.1, 0.15) is 10.5 Å². The normalized spacial score (nSPS) is 10.0. The Hall–Kier alpha value is -2.74. The summed E-state index contributed by atoms with van der Waals surface area (Å²) in [6.07, 6.45) is 2.55. The van der Waals surface area contributed by atoms with E-state index in [0.29, 0.717) is 0 Å². The van der Waals surface area contributed by atoms with Crippen LogP contribution in [0.15, 0.2) is 30.6 Å². The van der Waals surface area contributed by atoms with Crippen LogP contribution in [0.3, 0.4) is 0 Å². The molecule has 2 aromatic rings. The number of anilines is 1. The molecule has 0 radical (unpaired) electrons. The lowest BCUT2D eigenvalue weighted by molar-refractivity contribution is -0.384. The van der Waals surface area contributed by atoms with E-state index >= 15 is 0 Å². The lowest BCUT2D eigenvalue weighted by atomic mass is 10.2. The van der Waals surface area contributed by atoms with E-state index in [1.165, 1.54) is 37.7 Å². The van der Waals surface area contributed by atoms with Gasteiger partial charge in [0.2, 0.25) is 0 Å². The highest BCUT2D eigenvalue weighted by Gasteiger charge is 2.15. The van der Waals surface area contributed by atoms with Crippen LogP contribution in [0.5, 0.6) is 5.75 Å². The Morgan fingerprint density at radius 3 is 2.81 bits per heavy atom. The van der Waals surface area contributed by atoms with E-state index in [2.05, 4.69) is 15.3 Å². The predicted molar refractivity (Wildman–Crippen MR) is 74.6 cm³/mol. The first-order valence-corrected chi connectivity index (χ1v) is 6.00. The fourth-order valence-electron chi connectivity index (χ4n) is 1.53. The second kappa shape index (κ2) is 6.14. The molecule has 0 unspecified atom stereocenters. The number of benzene rings is 1. The number of hydrogen-bond acceptors (Lipinski definition) is 6. The molecular weight excluding hydrogens is 300 g/mol. The molecule has 0 fully saturated rings. The third-order valence-electron chi connectivity index (χ3n) is 2.48. The number of aromatic nitrogens is 2. The summed E-state index contributed by atoms with van der Waals surface area (Å²) < 4.78 is 5.02. The van der Waals surface area contributed by atoms with E-state index in [4.69, 9.17) is 16.3 Å². The molecule has 0 aliphatic rings. The topological polar surface area (TPSA) is 107 Å². The van der Waals surface area contributed by atoms with E-state index in [1.54, 1.807) is 0 Å². The summed E-state index contributed by atoms with van der Waals surface area (Å²) in [5.41, 5.74) is 0.144. The van der Waals surface area contributed by atoms with Gasteiger partial charge in [0.15, 0.2) is 0 Å². The summed E-state index contributed by atoms with van der Waals surface area (Å²) in [6.45, 7) is 0. The Bertz CT molecular complexity index is 707. The van der Waals surface area contributed by atoms with Crippen molar-refractivity contribution < 1.29 is 14.5 Å². The number of hydrogen-bond donors (Lipinski definition) is 1. The fourth-order valence-corrected chi connectivity index (χ4v) is 1.68. The van der Waals surface area contributed by atoms with E-state index < -0.39 is 10.8 Å². The molecule has 1 amide bonds. The Morgan fingerprint density at radius 1 is 1.43 bits per heavy atom. The zero-order valence-electron chi connectivity index (χ0n) is 10.7. The van der Waals surface area contributed by atoms with Crippen LogP contribution in [0.4, 0.5) is 11.4 Å². The van der Waals surface area contributed by atoms with Crippen LogP contribution in [-0.2, 0) is 0 Å². The molecule has 0 aliphatic carbocycles. The zero-order valence-corrected chi connectivity index (χ0v) is 11.5. The minimum absolute atomic E-state index is 0.0166. The van der Waals surface area contributed by atoms with Gasteiger partial charge in [-0.2, -0.15) is 0 Å². The zero-order chi connectivity index (χ0) is 15.4. The molecule has 0 atom stereocenters. The third kappa shape index (κ3) is 3.42. The molecule has 2 rings (SSSR count). The molecule has 1 heterocycles. The monoisotopic (exact) mass is 308 g/mol. The molecule has 0 saturated carbocycles. The summed E-state index contributed by atoms with van der Waals surface area (Å²) in [5.74, 6) is -0.398. The summed E-state index contributed by atoms with van der Waals surface area (Å²) >= 11 is 5.65. The molecule has 108 valence electrons. The largest absolute Gasteiger partial charge is 0.494 e. The number of nitro groups is 1. The third-order valence-corrected chi connectivity index (χ3v) is 2.66. The van der Waals surface area contributed by atoms with Gasteiger partial charge in [-0.05, 0) is 6.07 Å². The number of carbonyl (C=O) groups excluding carboxylic acids is 1. The molecule has 21 heavy (non-hydrogen) atoms. The van der Waals surface area contributed by atoms with Crippen LogP contribution in [0, 0.1) is 10.1 Å². The van der Waals surface area contributed by atoms with Crippen LogP contribution in [0.2, 0.25) is 5.15 Å². The Balaban J connectivity index is 2.27. The van der Waals surface area contributed by atoms with Gasteiger partial charge in [-0.3, -0.25) is 19.9 Å². The lowest BCUT2D eigenvalue weighted by Crippen LogP contribution is -2.14. The first-order valence-electron chi connectivity index (χ1n) is 5.62. The number of rotatable bonds is 4. The minimum Gasteiger partial charge on any atom is -0.494 e. The second-order valence-corrected chi connectivity index (χ2v) is 4.21. The molecule has 1 aromatic heterocycles. The van der Waals surface area contributed by atoms with Gasteiger partial charge in [-0.25, -0.2) is 4.98 Å². The van der Waals surface area contributed by atoms with Crippen molar-refractivity contribution in [3.05, 3.63) is 51.6 Å². The first kappa shape index (κ1) is 14.7. The lowest BCUT2D eigenvalue weighted by Gasteiger charge is -2.09. The van der Waals surface area contributed by atoms with Gasteiger partial charge < -0.3 is 10.1 Å². The van der Waals surface area contributed by atoms with Gasteiger partial charge in [-0.15, -0.1) is 0 Å². The average molecular weight is 309 g/mol. The standard InChI is InChI=1S/C12H9ClN4O4/c1-21-10-4-7(17(19)20)2-3-8(10)16-12(18)9-5-14-6-11(13)15-9/h2-6H,1H3,(H,16,18). The smallest absolute Gasteiger partial charge is 0.276 e. The molecule has 0 aliphatic heterocycles. The van der Waals surface area contributed by atoms with E-state index in [-0.39, 0.29) is 28.0 Å². The summed E-state index contributed by atoms with van der Waals surface area (Å²) in [5, 5.41) is 13.3. The molecule has 9 heteroatoms. The maximum atomic E-state index is 12.0. The van der Waals surface area contributed by atoms with Crippen LogP contribution in [-0.4, -0.2) is 27.9 Å². The number of nitrogens with one attached hydrogen (secondary N) is 1. The highest BCUT2D eigenvalue weighted by Crippen LogP contribution is 2.29. The van der Waals surface area contributed by atoms with E-state index in [0.717, 1.165) is 0 Å². The van der Waals surface area contributed by atoms with Crippen molar-refractivity contribution in [3.8, 4) is 5.75 Å². The molecule has 1 N–H and O–H groups in total. The molecule has 1 aromatic carbocycles. The maximum absolute atomic E-state index is 12.0. The quantitative estimate of drug-likeness (QED) is 0.686. The van der Waals surface area contributed by atoms with E-state index in [1.807, 2.05) is 0 Å². The number of carbonyl (C=O) groups is 1. The minimum atomic E-state index is -0.559. The highest BCUT2D eigenvalue weighted by atomic mass is 35.5. The molecule has 0 bridgehead atoms. The molecule has 8 nitrogen and oxygen atoms in total. The van der Waals surface area contributed by atoms with Crippen LogP contribution >= 0.6 is 11.6 Å². The van der Waals surface area contributed by atoms with Crippen molar-refractivity contribution in [1.82, 2.24) is 9.97 Å². The van der Waals surface area contributed by atoms with Gasteiger partial charge in [0.1, 0.15) is 16.6 Å². The van der Waals surface area contributed by atoms with Crippen molar-refractivity contribution in [2.24, 2.45) is 0 Å². The van der Waals surface area contributed by atoms with Crippen molar-refractivity contribution in [2.75, 3.05) is 12.4 Å². The van der Waals surface area contributed by atoms with Gasteiger partial charge in [-0.1, -0.05) is 11.6 Å². The summed E-state index contributed by atoms with van der Waals surface area (Å²) in [6, 6.07) is 3.83. The number of halogens is 1. The fraction of sp³-hybridized carbons (Fsp3) is 0.0833. The van der Waals surface area contributed by atoms with Gasteiger partial charge in [0, 0.05) is 6.07 Å². The first-order chi connectivity index (χ1) is 10.0. The van der Waals surface area contributed by atoms with Crippen LogP contribution < -0.4 is 10.1 Å². The molecule has 0 spiro atoms. The molecule has 0 saturated heterocycles. The van der Waals surface area contributed by atoms with Crippen molar-refractivity contribution >= 4 is 28.9 Å². The number of nitrogens with zero attached hydrogens (tertiary/aromatic N) is 3. The maximum Gasteiger partial charge on any atom is 0.276 e. The number of ether oxygens (including phenoxy) is 1. The Morgan fingerprint density at radius 2 is 2.19 bits per heavy atom. The van der Waals surface area contributed by atoms with Crippen molar-refractivity contribution in [1.29, 1.82) is 0 Å². The van der Waals surface area contributed by atoms with Crippen molar-refractivity contribution in [3.63, 3.8) is 0 Å². The Kier molecular flexibility index (Phi) is 4.29. The predicted octanol–water partition coefficient (Wildman–Crippen LogP) is 2.30. The number of methoxy groups -OCH3 is 1. The summed E-state index contributed by atoms with van der Waals surface area (Å²) in [7, 11) is 1.34. The summed E-state index contributed by atoms with van der Waals surface area (Å²) in [4.78, 5) is 29.7. The van der Waals surface area contributed by atoms with Crippen LogP contribution in [0.25, 0.3) is 0 Å². The number of amides is 1. The van der Waals surface area contributed by atoms with Gasteiger partial charge in [0.25, 0.3) is 11.6 Å². The SMILES string of the molecule is COc1cc([N+](=O)[O-])ccc1NC(=O)c1cncc(Cl)n1. The number of non-ortho nitro benzene ring substituents is 1. The second-order valence-electron chi connectivity index (χ2n) is 3.82.